The predicted octanol–water partition coefficient (Wildman–Crippen LogP) is 4.50. The number of likely N-dealkylation sites (N-methyl/N-ethyl adjacent to an activating group) is 1. The number of aryl methyl sites for hydroxylation is 1. The molecular formula is C22H20N2O. The molecule has 0 unspecified atom stereocenters. The lowest BCUT2D eigenvalue weighted by Crippen LogP contribution is -2.21. The maximum Gasteiger partial charge on any atom is 0.254 e. The number of para-hydroxylation sites is 1. The van der Waals surface area contributed by atoms with Crippen molar-refractivity contribution in [2.45, 2.75) is 6.92 Å². The molecule has 0 atom stereocenters. The van der Waals surface area contributed by atoms with E-state index in [0.717, 1.165) is 44.4 Å². The van der Waals surface area contributed by atoms with Crippen LogP contribution < -0.4 is 0 Å². The van der Waals surface area contributed by atoms with Crippen molar-refractivity contribution in [3.63, 3.8) is 0 Å². The third kappa shape index (κ3) is 2.40. The van der Waals surface area contributed by atoms with Gasteiger partial charge in [-0.25, -0.2) is 0 Å². The first-order valence-electron chi connectivity index (χ1n) is 8.39. The molecule has 124 valence electrons. The van der Waals surface area contributed by atoms with Crippen molar-refractivity contribution >= 4 is 34.0 Å². The molecule has 0 saturated carbocycles. The molecule has 1 amide bonds. The van der Waals surface area contributed by atoms with Crippen LogP contribution in [0.4, 0.5) is 0 Å². The van der Waals surface area contributed by atoms with Crippen molar-refractivity contribution in [1.82, 2.24) is 9.88 Å². The molecule has 0 radical (unpaired) electrons. The van der Waals surface area contributed by atoms with Gasteiger partial charge in [0.1, 0.15) is 0 Å². The number of nitrogens with one attached hydrogen (secondary N) is 1. The van der Waals surface area contributed by atoms with Crippen LogP contribution in [0.15, 0.2) is 55.1 Å². The highest BCUT2D eigenvalue weighted by atomic mass is 16.2. The molecule has 3 nitrogen and oxygen atoms in total. The quantitative estimate of drug-likeness (QED) is 0.755. The lowest BCUT2D eigenvalue weighted by atomic mass is 9.94. The van der Waals surface area contributed by atoms with E-state index in [4.69, 9.17) is 0 Å². The van der Waals surface area contributed by atoms with Crippen LogP contribution in [0.2, 0.25) is 0 Å². The minimum absolute atomic E-state index is 0.0793. The third-order valence-electron chi connectivity index (χ3n) is 4.90. The number of fused-ring (bicyclic) bond motifs is 1. The maximum absolute atomic E-state index is 12.9. The van der Waals surface area contributed by atoms with E-state index in [1.807, 2.05) is 50.4 Å². The van der Waals surface area contributed by atoms with E-state index in [9.17, 15) is 4.79 Å². The standard InChI is InChI=1S/C22H20N2O/c1-4-15-9-11-16(12-10-15)18-13-24(3)22(25)21(18)20-14(2)23-19-8-6-5-7-17(19)20/h4-12,23H,1,13H2,2-3H3. The molecule has 2 aromatic carbocycles. The van der Waals surface area contributed by atoms with Gasteiger partial charge >= 0.3 is 0 Å². The molecule has 0 fully saturated rings. The van der Waals surface area contributed by atoms with Gasteiger partial charge in [0.2, 0.25) is 0 Å². The molecular weight excluding hydrogens is 308 g/mol. The van der Waals surface area contributed by atoms with Crippen LogP contribution in [0.3, 0.4) is 0 Å². The monoisotopic (exact) mass is 328 g/mol. The molecule has 1 aliphatic heterocycles. The van der Waals surface area contributed by atoms with E-state index < -0.39 is 0 Å². The topological polar surface area (TPSA) is 36.1 Å². The van der Waals surface area contributed by atoms with E-state index in [1.54, 1.807) is 4.90 Å². The Morgan fingerprint density at radius 3 is 2.56 bits per heavy atom. The summed E-state index contributed by atoms with van der Waals surface area (Å²) in [5, 5.41) is 1.10. The molecule has 2 heterocycles. The number of hydrogen-bond acceptors (Lipinski definition) is 1. The Labute approximate surface area is 147 Å². The van der Waals surface area contributed by atoms with E-state index in [2.05, 4.69) is 29.8 Å². The zero-order chi connectivity index (χ0) is 17.6. The van der Waals surface area contributed by atoms with Gasteiger partial charge in [-0.3, -0.25) is 4.79 Å². The zero-order valence-electron chi connectivity index (χ0n) is 14.5. The largest absolute Gasteiger partial charge is 0.358 e. The second kappa shape index (κ2) is 5.78. The van der Waals surface area contributed by atoms with Crippen molar-refractivity contribution in [3.05, 3.63) is 77.5 Å². The number of benzene rings is 2. The number of hydrogen-bond donors (Lipinski definition) is 1. The molecule has 1 aliphatic rings. The third-order valence-corrected chi connectivity index (χ3v) is 4.90. The fraction of sp³-hybridized carbons (Fsp3) is 0.136. The summed E-state index contributed by atoms with van der Waals surface area (Å²) < 4.78 is 0. The minimum atomic E-state index is 0.0793. The van der Waals surface area contributed by atoms with Crippen LogP contribution in [-0.4, -0.2) is 29.4 Å². The van der Waals surface area contributed by atoms with Gasteiger partial charge in [0.05, 0.1) is 5.57 Å². The van der Waals surface area contributed by atoms with Gasteiger partial charge in [-0.2, -0.15) is 0 Å². The predicted molar refractivity (Wildman–Crippen MR) is 104 cm³/mol. The van der Waals surface area contributed by atoms with Crippen molar-refractivity contribution < 1.29 is 4.79 Å². The second-order valence-electron chi connectivity index (χ2n) is 6.51. The Balaban J connectivity index is 1.97. The molecule has 0 bridgehead atoms. The van der Waals surface area contributed by atoms with E-state index >= 15 is 0 Å². The molecule has 4 rings (SSSR count). The summed E-state index contributed by atoms with van der Waals surface area (Å²) in [4.78, 5) is 18.1. The highest BCUT2D eigenvalue weighted by Gasteiger charge is 2.32. The van der Waals surface area contributed by atoms with Crippen molar-refractivity contribution in [2.24, 2.45) is 0 Å². The number of rotatable bonds is 3. The Morgan fingerprint density at radius 2 is 1.84 bits per heavy atom. The van der Waals surface area contributed by atoms with Gasteiger partial charge < -0.3 is 9.88 Å². The van der Waals surface area contributed by atoms with Crippen LogP contribution in [0.5, 0.6) is 0 Å². The summed E-state index contributed by atoms with van der Waals surface area (Å²) in [6, 6.07) is 16.4. The summed E-state index contributed by atoms with van der Waals surface area (Å²) in [7, 11) is 1.86. The average molecular weight is 328 g/mol. The van der Waals surface area contributed by atoms with E-state index in [1.165, 1.54) is 0 Å². The summed E-state index contributed by atoms with van der Waals surface area (Å²) in [5.41, 5.74) is 7.16. The van der Waals surface area contributed by atoms with Gasteiger partial charge in [-0.1, -0.05) is 55.1 Å². The fourth-order valence-electron chi connectivity index (χ4n) is 3.62. The first kappa shape index (κ1) is 15.5. The fourth-order valence-corrected chi connectivity index (χ4v) is 3.62. The van der Waals surface area contributed by atoms with Crippen LogP contribution in [0, 0.1) is 6.92 Å². The van der Waals surface area contributed by atoms with Crippen molar-refractivity contribution in [1.29, 1.82) is 0 Å². The van der Waals surface area contributed by atoms with Crippen molar-refractivity contribution in [2.75, 3.05) is 13.6 Å². The molecule has 1 N–H and O–H groups in total. The molecule has 0 spiro atoms. The van der Waals surface area contributed by atoms with Gasteiger partial charge in [-0.05, 0) is 29.7 Å². The summed E-state index contributed by atoms with van der Waals surface area (Å²) >= 11 is 0. The molecule has 0 aliphatic carbocycles. The van der Waals surface area contributed by atoms with Crippen LogP contribution in [-0.2, 0) is 4.79 Å². The van der Waals surface area contributed by atoms with Gasteiger partial charge in [0.15, 0.2) is 0 Å². The summed E-state index contributed by atoms with van der Waals surface area (Å²) in [5.74, 6) is 0.0793. The molecule has 0 saturated heterocycles. The highest BCUT2D eigenvalue weighted by molar-refractivity contribution is 6.32. The number of carbonyl (C=O) groups is 1. The number of aromatic nitrogens is 1. The summed E-state index contributed by atoms with van der Waals surface area (Å²) in [6.07, 6.45) is 1.83. The number of carbonyl (C=O) groups excluding carboxylic acids is 1. The highest BCUT2D eigenvalue weighted by Crippen LogP contribution is 2.38. The molecule has 25 heavy (non-hydrogen) atoms. The Hall–Kier alpha value is -3.07. The first-order chi connectivity index (χ1) is 12.1. The number of H-pyrrole nitrogens is 1. The van der Waals surface area contributed by atoms with Crippen LogP contribution in [0.25, 0.3) is 28.1 Å². The lowest BCUT2D eigenvalue weighted by molar-refractivity contribution is -0.122. The van der Waals surface area contributed by atoms with Gasteiger partial charge in [0.25, 0.3) is 5.91 Å². The zero-order valence-corrected chi connectivity index (χ0v) is 14.5. The minimum Gasteiger partial charge on any atom is -0.358 e. The smallest absolute Gasteiger partial charge is 0.254 e. The Bertz CT molecular complexity index is 1020. The number of amides is 1. The lowest BCUT2D eigenvalue weighted by Gasteiger charge is -2.08. The van der Waals surface area contributed by atoms with Crippen molar-refractivity contribution in [3.8, 4) is 0 Å². The van der Waals surface area contributed by atoms with Crippen LogP contribution >= 0.6 is 0 Å². The Morgan fingerprint density at radius 1 is 1.12 bits per heavy atom. The normalized spacial score (nSPS) is 14.6. The number of aromatic amines is 1. The maximum atomic E-state index is 12.9. The molecule has 3 heteroatoms. The summed E-state index contributed by atoms with van der Waals surface area (Å²) in [6.45, 7) is 6.46. The Kier molecular flexibility index (Phi) is 3.57. The van der Waals surface area contributed by atoms with Crippen LogP contribution in [0.1, 0.15) is 22.4 Å². The first-order valence-corrected chi connectivity index (χ1v) is 8.39. The SMILES string of the molecule is C=Cc1ccc(C2=C(c3c(C)[nH]c4ccccc34)C(=O)N(C)C2)cc1. The van der Waals surface area contributed by atoms with Gasteiger partial charge in [-0.15, -0.1) is 0 Å². The van der Waals surface area contributed by atoms with E-state index in [-0.39, 0.29) is 5.91 Å². The van der Waals surface area contributed by atoms with Gasteiger partial charge in [0, 0.05) is 35.8 Å². The molecule has 1 aromatic heterocycles. The second-order valence-corrected chi connectivity index (χ2v) is 6.51. The van der Waals surface area contributed by atoms with E-state index in [0.29, 0.717) is 6.54 Å². The number of nitrogens with zero attached hydrogens (tertiary/aromatic N) is 1. The molecule has 3 aromatic rings. The average Bonchev–Trinajstić information content (AvgIpc) is 3.11.